The van der Waals surface area contributed by atoms with Gasteiger partial charge in [0.05, 0.1) is 13.7 Å². The smallest absolute Gasteiger partial charge is 0.191 e. The minimum atomic E-state index is -0.0859. The van der Waals surface area contributed by atoms with Crippen molar-refractivity contribution in [1.29, 1.82) is 0 Å². The molecule has 1 fully saturated rings. The minimum absolute atomic E-state index is 0. The van der Waals surface area contributed by atoms with Crippen LogP contribution in [-0.4, -0.2) is 50.3 Å². The summed E-state index contributed by atoms with van der Waals surface area (Å²) in [7, 11) is 1.71. The van der Waals surface area contributed by atoms with Gasteiger partial charge in [-0.1, -0.05) is 32.0 Å². The standard InChI is InChI=1S/C25H37N5O.HI/c1-6-26-24(28-18-25(3,4)20-8-7-9-22(16-20)31-5)29-21-12-14-30(15-13-21)23-11-10-19(2)17-27-23;/h7-11,16-17,21H,6,12-15,18H2,1-5H3,(H2,26,28,29);1H. The van der Waals surface area contributed by atoms with E-state index in [0.717, 1.165) is 50.0 Å². The molecule has 176 valence electrons. The fraction of sp³-hybridized carbons (Fsp3) is 0.520. The van der Waals surface area contributed by atoms with Crippen molar-refractivity contribution in [3.63, 3.8) is 0 Å². The number of methoxy groups -OCH3 is 1. The van der Waals surface area contributed by atoms with Gasteiger partial charge in [0, 0.05) is 37.3 Å². The van der Waals surface area contributed by atoms with E-state index in [-0.39, 0.29) is 29.4 Å². The van der Waals surface area contributed by atoms with Crippen molar-refractivity contribution >= 4 is 35.8 Å². The third-order valence-corrected chi connectivity index (χ3v) is 5.88. The van der Waals surface area contributed by atoms with Crippen LogP contribution in [0.2, 0.25) is 0 Å². The molecular formula is C25H38IN5O. The number of anilines is 1. The molecule has 0 bridgehead atoms. The van der Waals surface area contributed by atoms with Crippen LogP contribution < -0.4 is 20.3 Å². The number of nitrogens with one attached hydrogen (secondary N) is 2. The maximum atomic E-state index is 5.39. The normalized spacial score (nSPS) is 15.2. The van der Waals surface area contributed by atoms with Crippen LogP contribution >= 0.6 is 24.0 Å². The Labute approximate surface area is 210 Å². The van der Waals surface area contributed by atoms with E-state index in [1.54, 1.807) is 7.11 Å². The van der Waals surface area contributed by atoms with Crippen LogP contribution in [0.4, 0.5) is 5.82 Å². The fourth-order valence-electron chi connectivity index (χ4n) is 3.83. The van der Waals surface area contributed by atoms with Crippen molar-refractivity contribution in [2.45, 2.75) is 52.0 Å². The Bertz CT molecular complexity index is 861. The summed E-state index contributed by atoms with van der Waals surface area (Å²) < 4.78 is 5.39. The van der Waals surface area contributed by atoms with E-state index in [9.17, 15) is 0 Å². The number of aliphatic imine (C=N–C) groups is 1. The molecule has 2 N–H and O–H groups in total. The van der Waals surface area contributed by atoms with Gasteiger partial charge in [-0.3, -0.25) is 4.99 Å². The average Bonchev–Trinajstić information content (AvgIpc) is 2.79. The highest BCUT2D eigenvalue weighted by Gasteiger charge is 2.23. The Balaban J connectivity index is 0.00000363. The van der Waals surface area contributed by atoms with Gasteiger partial charge in [0.15, 0.2) is 5.96 Å². The van der Waals surface area contributed by atoms with Crippen molar-refractivity contribution in [1.82, 2.24) is 15.6 Å². The van der Waals surface area contributed by atoms with Crippen LogP contribution in [0.15, 0.2) is 47.6 Å². The number of hydrogen-bond acceptors (Lipinski definition) is 4. The van der Waals surface area contributed by atoms with E-state index in [1.807, 2.05) is 18.3 Å². The lowest BCUT2D eigenvalue weighted by atomic mass is 9.84. The van der Waals surface area contributed by atoms with Gasteiger partial charge in [0.2, 0.25) is 0 Å². The number of aromatic nitrogens is 1. The van der Waals surface area contributed by atoms with Crippen LogP contribution in [0.25, 0.3) is 0 Å². The van der Waals surface area contributed by atoms with E-state index in [4.69, 9.17) is 9.73 Å². The predicted octanol–water partition coefficient (Wildman–Crippen LogP) is 4.52. The third kappa shape index (κ3) is 7.25. The summed E-state index contributed by atoms with van der Waals surface area (Å²) in [6.07, 6.45) is 4.08. The number of pyridine rings is 1. The molecule has 2 heterocycles. The van der Waals surface area contributed by atoms with Gasteiger partial charge >= 0.3 is 0 Å². The second-order valence-electron chi connectivity index (χ2n) is 8.91. The van der Waals surface area contributed by atoms with Gasteiger partial charge in [0.1, 0.15) is 11.6 Å². The van der Waals surface area contributed by atoms with Crippen molar-refractivity contribution in [2.75, 3.05) is 38.2 Å². The van der Waals surface area contributed by atoms with Crippen LogP contribution in [-0.2, 0) is 5.41 Å². The summed E-state index contributed by atoms with van der Waals surface area (Å²) in [5.74, 6) is 2.85. The van der Waals surface area contributed by atoms with Gasteiger partial charge < -0.3 is 20.3 Å². The first-order valence-corrected chi connectivity index (χ1v) is 11.3. The summed E-state index contributed by atoms with van der Waals surface area (Å²) in [6.45, 7) is 12.2. The molecule has 0 radical (unpaired) electrons. The molecular weight excluding hydrogens is 513 g/mol. The summed E-state index contributed by atoms with van der Waals surface area (Å²) in [5, 5.41) is 7.07. The molecule has 0 aliphatic carbocycles. The van der Waals surface area contributed by atoms with Crippen LogP contribution in [0.3, 0.4) is 0 Å². The molecule has 7 heteroatoms. The molecule has 0 spiro atoms. The number of benzene rings is 1. The summed E-state index contributed by atoms with van der Waals surface area (Å²) in [6, 6.07) is 12.9. The van der Waals surface area contributed by atoms with E-state index in [2.05, 4.69) is 72.5 Å². The Morgan fingerprint density at radius 2 is 1.97 bits per heavy atom. The quantitative estimate of drug-likeness (QED) is 0.301. The molecule has 1 saturated heterocycles. The Hall–Kier alpha value is -2.03. The lowest BCUT2D eigenvalue weighted by Gasteiger charge is -2.34. The molecule has 0 unspecified atom stereocenters. The van der Waals surface area contributed by atoms with Crippen LogP contribution in [0.5, 0.6) is 5.75 Å². The van der Waals surface area contributed by atoms with Crippen molar-refractivity contribution in [3.8, 4) is 5.75 Å². The van der Waals surface area contributed by atoms with Crippen molar-refractivity contribution in [3.05, 3.63) is 53.7 Å². The highest BCUT2D eigenvalue weighted by atomic mass is 127. The number of ether oxygens (including phenoxy) is 1. The number of halogens is 1. The fourth-order valence-corrected chi connectivity index (χ4v) is 3.83. The zero-order valence-corrected chi connectivity index (χ0v) is 22.3. The maximum absolute atomic E-state index is 5.39. The number of hydrogen-bond donors (Lipinski definition) is 2. The van der Waals surface area contributed by atoms with Crippen LogP contribution in [0.1, 0.15) is 44.7 Å². The molecule has 0 amide bonds. The first kappa shape index (κ1) is 26.2. The lowest BCUT2D eigenvalue weighted by molar-refractivity contribution is 0.412. The van der Waals surface area contributed by atoms with E-state index < -0.39 is 0 Å². The Morgan fingerprint density at radius 3 is 2.59 bits per heavy atom. The summed E-state index contributed by atoms with van der Waals surface area (Å²) in [5.41, 5.74) is 2.34. The molecule has 0 saturated carbocycles. The first-order valence-electron chi connectivity index (χ1n) is 11.3. The molecule has 1 aliphatic heterocycles. The number of guanidine groups is 1. The van der Waals surface area contributed by atoms with Gasteiger partial charge in [-0.25, -0.2) is 4.98 Å². The molecule has 1 aromatic heterocycles. The molecule has 2 aromatic rings. The molecule has 1 aromatic carbocycles. The van der Waals surface area contributed by atoms with Gasteiger partial charge in [-0.05, 0) is 56.0 Å². The molecule has 3 rings (SSSR count). The lowest BCUT2D eigenvalue weighted by Crippen LogP contribution is -2.49. The zero-order chi connectivity index (χ0) is 22.3. The van der Waals surface area contributed by atoms with Crippen molar-refractivity contribution in [2.24, 2.45) is 4.99 Å². The summed E-state index contributed by atoms with van der Waals surface area (Å²) >= 11 is 0. The molecule has 32 heavy (non-hydrogen) atoms. The van der Waals surface area contributed by atoms with Crippen LogP contribution in [0, 0.1) is 6.92 Å². The number of nitrogens with zero attached hydrogens (tertiary/aromatic N) is 3. The monoisotopic (exact) mass is 551 g/mol. The number of rotatable bonds is 7. The van der Waals surface area contributed by atoms with E-state index in [1.165, 1.54) is 11.1 Å². The minimum Gasteiger partial charge on any atom is -0.497 e. The largest absolute Gasteiger partial charge is 0.497 e. The Kier molecular flexibility index (Phi) is 10.1. The predicted molar refractivity (Wildman–Crippen MR) is 145 cm³/mol. The summed E-state index contributed by atoms with van der Waals surface area (Å²) in [4.78, 5) is 11.9. The second kappa shape index (κ2) is 12.3. The molecule has 0 atom stereocenters. The van der Waals surface area contributed by atoms with Gasteiger partial charge in [-0.2, -0.15) is 0 Å². The Morgan fingerprint density at radius 1 is 1.22 bits per heavy atom. The maximum Gasteiger partial charge on any atom is 0.191 e. The molecule has 1 aliphatic rings. The highest BCUT2D eigenvalue weighted by Crippen LogP contribution is 2.27. The highest BCUT2D eigenvalue weighted by molar-refractivity contribution is 14.0. The van der Waals surface area contributed by atoms with Gasteiger partial charge in [0.25, 0.3) is 0 Å². The average molecular weight is 552 g/mol. The third-order valence-electron chi connectivity index (χ3n) is 5.88. The topological polar surface area (TPSA) is 61.8 Å². The van der Waals surface area contributed by atoms with Gasteiger partial charge in [-0.15, -0.1) is 24.0 Å². The second-order valence-corrected chi connectivity index (χ2v) is 8.91. The van der Waals surface area contributed by atoms with Crippen molar-refractivity contribution < 1.29 is 4.74 Å². The van der Waals surface area contributed by atoms with E-state index >= 15 is 0 Å². The van der Waals surface area contributed by atoms with E-state index in [0.29, 0.717) is 12.6 Å². The first-order chi connectivity index (χ1) is 14.9. The molecule has 6 nitrogen and oxygen atoms in total. The number of piperidine rings is 1. The number of aryl methyl sites for hydroxylation is 1. The zero-order valence-electron chi connectivity index (χ0n) is 20.0. The SMILES string of the molecule is CCNC(=NCC(C)(C)c1cccc(OC)c1)NC1CCN(c2ccc(C)cn2)CC1.I.